The van der Waals surface area contributed by atoms with Crippen molar-refractivity contribution in [2.75, 3.05) is 6.61 Å². The highest BCUT2D eigenvalue weighted by Crippen LogP contribution is 2.19. The second-order valence-corrected chi connectivity index (χ2v) is 5.93. The molecule has 1 heterocycles. The molecule has 0 saturated carbocycles. The molecule has 5 nitrogen and oxygen atoms in total. The maximum Gasteiger partial charge on any atom is 0.329 e. The van der Waals surface area contributed by atoms with E-state index in [1.807, 2.05) is 31.2 Å². The minimum Gasteiger partial charge on any atom is -0.481 e. The zero-order valence-electron chi connectivity index (χ0n) is 14.4. The predicted octanol–water partition coefficient (Wildman–Crippen LogP) is 3.10. The van der Waals surface area contributed by atoms with E-state index in [1.165, 1.54) is 4.90 Å². The summed E-state index contributed by atoms with van der Waals surface area (Å²) in [5.74, 6) is 2.70. The van der Waals surface area contributed by atoms with Gasteiger partial charge in [0.1, 0.15) is 18.1 Å². The summed E-state index contributed by atoms with van der Waals surface area (Å²) in [5, 5.41) is 2.62. The van der Waals surface area contributed by atoms with E-state index in [1.54, 1.807) is 30.3 Å². The van der Waals surface area contributed by atoms with Crippen molar-refractivity contribution in [3.05, 3.63) is 70.9 Å². The van der Waals surface area contributed by atoms with E-state index in [2.05, 4.69) is 11.2 Å². The lowest BCUT2D eigenvalue weighted by atomic mass is 10.1. The first-order chi connectivity index (χ1) is 12.6. The van der Waals surface area contributed by atoms with E-state index >= 15 is 0 Å². The van der Waals surface area contributed by atoms with E-state index in [0.29, 0.717) is 5.75 Å². The Morgan fingerprint density at radius 3 is 2.46 bits per heavy atom. The number of carbonyl (C=O) groups excluding carboxylic acids is 2. The molecule has 5 heteroatoms. The van der Waals surface area contributed by atoms with Crippen LogP contribution in [0, 0.1) is 19.3 Å². The lowest BCUT2D eigenvalue weighted by Gasteiger charge is -2.11. The van der Waals surface area contributed by atoms with Crippen LogP contribution in [0.5, 0.6) is 5.75 Å². The molecule has 1 fully saturated rings. The van der Waals surface area contributed by atoms with Gasteiger partial charge in [0.05, 0.1) is 6.54 Å². The first kappa shape index (κ1) is 17.3. The Balaban J connectivity index is 1.72. The number of imide groups is 1. The molecule has 2 aromatic carbocycles. The Kier molecular flexibility index (Phi) is 5.04. The minimum atomic E-state index is -0.421. The predicted molar refractivity (Wildman–Crippen MR) is 99.0 cm³/mol. The van der Waals surface area contributed by atoms with Gasteiger partial charge in [0.25, 0.3) is 5.91 Å². The molecule has 0 atom stereocenters. The number of carbonyl (C=O) groups is 2. The molecule has 3 rings (SSSR count). The smallest absolute Gasteiger partial charge is 0.329 e. The number of rotatable bonds is 5. The molecule has 0 aromatic heterocycles. The first-order valence-electron chi connectivity index (χ1n) is 8.13. The van der Waals surface area contributed by atoms with Gasteiger partial charge in [-0.15, -0.1) is 6.42 Å². The van der Waals surface area contributed by atoms with E-state index < -0.39 is 6.03 Å². The van der Waals surface area contributed by atoms with Gasteiger partial charge in [-0.2, -0.15) is 0 Å². The van der Waals surface area contributed by atoms with Crippen LogP contribution in [0.4, 0.5) is 4.79 Å². The third-order valence-corrected chi connectivity index (χ3v) is 3.94. The summed E-state index contributed by atoms with van der Waals surface area (Å²) in [7, 11) is 0. The van der Waals surface area contributed by atoms with Crippen molar-refractivity contribution in [1.29, 1.82) is 0 Å². The van der Waals surface area contributed by atoms with Gasteiger partial charge in [0.15, 0.2) is 0 Å². The zero-order valence-corrected chi connectivity index (χ0v) is 14.4. The molecule has 0 aliphatic carbocycles. The Hall–Kier alpha value is -3.52. The number of urea groups is 1. The van der Waals surface area contributed by atoms with Crippen LogP contribution in [0.2, 0.25) is 0 Å². The fourth-order valence-corrected chi connectivity index (χ4v) is 2.54. The van der Waals surface area contributed by atoms with E-state index in [9.17, 15) is 9.59 Å². The molecule has 0 radical (unpaired) electrons. The molecular weight excluding hydrogens is 328 g/mol. The van der Waals surface area contributed by atoms with Crippen LogP contribution in [-0.2, 0) is 11.3 Å². The van der Waals surface area contributed by atoms with Crippen molar-refractivity contribution >= 4 is 18.0 Å². The van der Waals surface area contributed by atoms with Crippen molar-refractivity contribution < 1.29 is 14.3 Å². The van der Waals surface area contributed by atoms with Crippen molar-refractivity contribution in [1.82, 2.24) is 10.2 Å². The maximum absolute atomic E-state index is 12.5. The zero-order chi connectivity index (χ0) is 18.5. The van der Waals surface area contributed by atoms with Crippen molar-refractivity contribution in [2.45, 2.75) is 13.5 Å². The average molecular weight is 346 g/mol. The molecule has 26 heavy (non-hydrogen) atoms. The number of amides is 3. The second-order valence-electron chi connectivity index (χ2n) is 5.93. The molecule has 2 aromatic rings. The molecule has 1 saturated heterocycles. The number of nitrogens with one attached hydrogen (secondary N) is 1. The summed E-state index contributed by atoms with van der Waals surface area (Å²) in [4.78, 5) is 25.9. The largest absolute Gasteiger partial charge is 0.481 e. The van der Waals surface area contributed by atoms with Crippen molar-refractivity contribution in [3.63, 3.8) is 0 Å². The molecule has 1 N–H and O–H groups in total. The fraction of sp³-hybridized carbons (Fsp3) is 0.143. The van der Waals surface area contributed by atoms with Crippen LogP contribution in [0.1, 0.15) is 16.7 Å². The lowest BCUT2D eigenvalue weighted by molar-refractivity contribution is -0.123. The van der Waals surface area contributed by atoms with Gasteiger partial charge in [0, 0.05) is 0 Å². The summed E-state index contributed by atoms with van der Waals surface area (Å²) in [6, 6.07) is 14.4. The first-order valence-corrected chi connectivity index (χ1v) is 8.13. The summed E-state index contributed by atoms with van der Waals surface area (Å²) >= 11 is 0. The second kappa shape index (κ2) is 7.58. The molecule has 130 valence electrons. The Labute approximate surface area is 152 Å². The molecular formula is C21H18N2O3. The van der Waals surface area contributed by atoms with Crippen molar-refractivity contribution in [3.8, 4) is 18.1 Å². The van der Waals surface area contributed by atoms with Gasteiger partial charge in [-0.3, -0.25) is 9.69 Å². The highest BCUT2D eigenvalue weighted by molar-refractivity contribution is 6.13. The van der Waals surface area contributed by atoms with E-state index in [-0.39, 0.29) is 24.8 Å². The number of ether oxygens (including phenoxy) is 1. The molecule has 3 amide bonds. The summed E-state index contributed by atoms with van der Waals surface area (Å²) in [5.41, 5.74) is 3.05. The summed E-state index contributed by atoms with van der Waals surface area (Å²) < 4.78 is 5.31. The van der Waals surface area contributed by atoms with E-state index in [4.69, 9.17) is 11.2 Å². The monoisotopic (exact) mass is 346 g/mol. The maximum atomic E-state index is 12.5. The summed E-state index contributed by atoms with van der Waals surface area (Å²) in [6.45, 7) is 2.42. The lowest BCUT2D eigenvalue weighted by Crippen LogP contribution is -2.30. The van der Waals surface area contributed by atoms with Gasteiger partial charge in [-0.05, 0) is 36.3 Å². The van der Waals surface area contributed by atoms with Gasteiger partial charge in [0.2, 0.25) is 0 Å². The van der Waals surface area contributed by atoms with Crippen LogP contribution in [0.25, 0.3) is 6.08 Å². The van der Waals surface area contributed by atoms with E-state index in [0.717, 1.165) is 16.7 Å². The third-order valence-electron chi connectivity index (χ3n) is 3.94. The van der Waals surface area contributed by atoms with Crippen LogP contribution < -0.4 is 10.1 Å². The van der Waals surface area contributed by atoms with Crippen molar-refractivity contribution in [2.24, 2.45) is 0 Å². The Bertz CT molecular complexity index is 890. The fourth-order valence-electron chi connectivity index (χ4n) is 2.54. The topological polar surface area (TPSA) is 58.6 Å². The number of aryl methyl sites for hydroxylation is 1. The molecule has 1 aliphatic heterocycles. The Morgan fingerprint density at radius 2 is 1.81 bits per heavy atom. The molecule has 0 spiro atoms. The Morgan fingerprint density at radius 1 is 1.12 bits per heavy atom. The van der Waals surface area contributed by atoms with Gasteiger partial charge in [-0.1, -0.05) is 47.9 Å². The number of nitrogens with zero attached hydrogens (tertiary/aromatic N) is 1. The minimum absolute atomic E-state index is 0.197. The van der Waals surface area contributed by atoms with Gasteiger partial charge >= 0.3 is 6.03 Å². The average Bonchev–Trinajstić information content (AvgIpc) is 2.90. The molecule has 1 aliphatic rings. The molecule has 0 bridgehead atoms. The van der Waals surface area contributed by atoms with Crippen LogP contribution in [0.15, 0.2) is 54.2 Å². The van der Waals surface area contributed by atoms with Crippen LogP contribution in [0.3, 0.4) is 0 Å². The number of terminal acetylenes is 1. The normalized spacial score (nSPS) is 15.1. The van der Waals surface area contributed by atoms with Gasteiger partial charge < -0.3 is 10.1 Å². The highest BCUT2D eigenvalue weighted by atomic mass is 16.5. The standard InChI is InChI=1S/C21H18N2O3/c1-3-12-26-18-10-8-16(9-11-18)13-19-20(24)23(21(25)22-19)14-17-6-4-15(2)5-7-17/h1,4-11,13H,12,14H2,2H3,(H,22,25)/b19-13+. The quantitative estimate of drug-likeness (QED) is 0.514. The third kappa shape index (κ3) is 3.93. The molecule has 0 unspecified atom stereocenters. The number of benzene rings is 2. The summed E-state index contributed by atoms with van der Waals surface area (Å²) in [6.07, 6.45) is 6.79. The van der Waals surface area contributed by atoms with Crippen LogP contribution >= 0.6 is 0 Å². The SMILES string of the molecule is C#CCOc1ccc(/C=C2/NC(=O)N(Cc3ccc(C)cc3)C2=O)cc1. The number of hydrogen-bond donors (Lipinski definition) is 1. The highest BCUT2D eigenvalue weighted by Gasteiger charge is 2.33. The van der Waals surface area contributed by atoms with Crippen LogP contribution in [-0.4, -0.2) is 23.4 Å². The van der Waals surface area contributed by atoms with Gasteiger partial charge in [-0.25, -0.2) is 4.79 Å². The number of hydrogen-bond acceptors (Lipinski definition) is 3.